The zero-order chi connectivity index (χ0) is 15.6. The summed E-state index contributed by atoms with van der Waals surface area (Å²) in [5.41, 5.74) is -2.16. The van der Waals surface area contributed by atoms with Crippen LogP contribution in [0, 0.1) is 5.82 Å². The summed E-state index contributed by atoms with van der Waals surface area (Å²) in [5, 5.41) is 2.63. The normalized spacial score (nSPS) is 25.9. The number of morpholine rings is 1. The monoisotopic (exact) mass is 363 g/mol. The molecule has 1 fully saturated rings. The zero-order valence-electron chi connectivity index (χ0n) is 10.9. The molecule has 0 amide bonds. The molecule has 1 saturated heterocycles. The fourth-order valence-corrected chi connectivity index (χ4v) is 2.61. The second kappa shape index (κ2) is 6.29. The van der Waals surface area contributed by atoms with E-state index in [2.05, 4.69) is 27.8 Å². The number of halogens is 4. The van der Waals surface area contributed by atoms with E-state index in [0.717, 1.165) is 6.07 Å². The molecule has 0 bridgehead atoms. The zero-order valence-corrected chi connectivity index (χ0v) is 12.5. The van der Waals surface area contributed by atoms with E-state index in [1.165, 1.54) is 12.1 Å². The van der Waals surface area contributed by atoms with Gasteiger partial charge in [-0.2, -0.15) is 0 Å². The quantitative estimate of drug-likeness (QED) is 0.660. The average Bonchev–Trinajstić information content (AvgIpc) is 2.48. The molecular weight excluding hydrogens is 351 g/mol. The lowest BCUT2D eigenvalue weighted by Crippen LogP contribution is -2.61. The topological polar surface area (TPSA) is 38.3 Å². The first-order valence-electron chi connectivity index (χ1n) is 6.14. The molecule has 21 heavy (non-hydrogen) atoms. The van der Waals surface area contributed by atoms with Gasteiger partial charge in [0.1, 0.15) is 17.6 Å². The van der Waals surface area contributed by atoms with Crippen LogP contribution in [0.5, 0.6) is 0 Å². The standard InChI is InChI=1S/C14H13BrF3NO2/c1-8(5-20)12-6-21-7-14(19-12,13(17)18)10-4-9(15)2-3-11(10)16/h2-5,12-13,19H,1,6-7H2. The predicted molar refractivity (Wildman–Crippen MR) is 74.7 cm³/mol. The van der Waals surface area contributed by atoms with Crippen LogP contribution in [0.1, 0.15) is 5.56 Å². The lowest BCUT2D eigenvalue weighted by molar-refractivity contribution is -0.107. The highest BCUT2D eigenvalue weighted by atomic mass is 79.9. The minimum absolute atomic E-state index is 0.0294. The molecule has 2 rings (SSSR count). The molecule has 0 radical (unpaired) electrons. The fraction of sp³-hybridized carbons (Fsp3) is 0.357. The van der Waals surface area contributed by atoms with Gasteiger partial charge < -0.3 is 4.74 Å². The van der Waals surface area contributed by atoms with Gasteiger partial charge in [-0.25, -0.2) is 13.2 Å². The molecule has 1 N–H and O–H groups in total. The summed E-state index contributed by atoms with van der Waals surface area (Å²) in [5.74, 6) is -0.771. The van der Waals surface area contributed by atoms with E-state index in [9.17, 15) is 18.0 Å². The highest BCUT2D eigenvalue weighted by Crippen LogP contribution is 2.35. The Kier molecular flexibility index (Phi) is 4.85. The van der Waals surface area contributed by atoms with Crippen molar-refractivity contribution in [2.24, 2.45) is 0 Å². The first kappa shape index (κ1) is 16.2. The Hall–Kier alpha value is -1.18. The Morgan fingerprint density at radius 2 is 2.29 bits per heavy atom. The van der Waals surface area contributed by atoms with Crippen LogP contribution < -0.4 is 5.32 Å². The number of aldehydes is 1. The number of carbonyl (C=O) groups is 1. The second-order valence-electron chi connectivity index (χ2n) is 4.80. The molecule has 7 heteroatoms. The number of hydrogen-bond donors (Lipinski definition) is 1. The van der Waals surface area contributed by atoms with E-state index in [4.69, 9.17) is 4.74 Å². The van der Waals surface area contributed by atoms with Gasteiger partial charge in [0.05, 0.1) is 19.3 Å². The van der Waals surface area contributed by atoms with Gasteiger partial charge in [-0.05, 0) is 18.2 Å². The number of benzene rings is 1. The second-order valence-corrected chi connectivity index (χ2v) is 5.72. The van der Waals surface area contributed by atoms with Crippen LogP contribution >= 0.6 is 15.9 Å². The van der Waals surface area contributed by atoms with Gasteiger partial charge in [-0.3, -0.25) is 10.1 Å². The number of alkyl halides is 2. The summed E-state index contributed by atoms with van der Waals surface area (Å²) < 4.78 is 47.0. The SMILES string of the molecule is C=C(C=O)C1COCC(c2cc(Br)ccc2F)(C(F)F)N1. The van der Waals surface area contributed by atoms with Crippen molar-refractivity contribution in [2.75, 3.05) is 13.2 Å². The fourth-order valence-electron chi connectivity index (χ4n) is 2.25. The molecule has 1 heterocycles. The van der Waals surface area contributed by atoms with E-state index in [-0.39, 0.29) is 17.7 Å². The van der Waals surface area contributed by atoms with E-state index in [0.29, 0.717) is 10.8 Å². The van der Waals surface area contributed by atoms with E-state index >= 15 is 0 Å². The van der Waals surface area contributed by atoms with Crippen molar-refractivity contribution in [3.05, 3.63) is 46.2 Å². The summed E-state index contributed by atoms with van der Waals surface area (Å²) in [6, 6.07) is 3.01. The van der Waals surface area contributed by atoms with Crippen LogP contribution in [-0.2, 0) is 15.1 Å². The molecule has 0 spiro atoms. The Morgan fingerprint density at radius 1 is 1.57 bits per heavy atom. The molecule has 1 aliphatic rings. The summed E-state index contributed by atoms with van der Waals surface area (Å²) in [7, 11) is 0. The molecule has 1 aromatic rings. The van der Waals surface area contributed by atoms with Crippen LogP contribution in [0.4, 0.5) is 13.2 Å². The van der Waals surface area contributed by atoms with E-state index < -0.39 is 30.4 Å². The number of rotatable bonds is 4. The lowest BCUT2D eigenvalue weighted by atomic mass is 9.87. The molecule has 1 aliphatic heterocycles. The number of carbonyl (C=O) groups excluding carboxylic acids is 1. The molecule has 0 aromatic heterocycles. The Bertz CT molecular complexity index is 567. The smallest absolute Gasteiger partial charge is 0.263 e. The molecule has 1 aromatic carbocycles. The van der Waals surface area contributed by atoms with Crippen LogP contribution in [-0.4, -0.2) is 32.0 Å². The third-order valence-corrected chi connectivity index (χ3v) is 3.92. The summed E-state index contributed by atoms with van der Waals surface area (Å²) in [6.07, 6.45) is -2.46. The first-order chi connectivity index (χ1) is 9.90. The van der Waals surface area contributed by atoms with Gasteiger partial charge >= 0.3 is 0 Å². The van der Waals surface area contributed by atoms with Gasteiger partial charge in [0, 0.05) is 15.6 Å². The van der Waals surface area contributed by atoms with E-state index in [1.54, 1.807) is 0 Å². The Labute approximate surface area is 128 Å². The van der Waals surface area contributed by atoms with E-state index in [1.807, 2.05) is 0 Å². The van der Waals surface area contributed by atoms with Gasteiger partial charge in [0.15, 0.2) is 0 Å². The number of ether oxygens (including phenoxy) is 1. The van der Waals surface area contributed by atoms with Gasteiger partial charge in [0.2, 0.25) is 0 Å². The van der Waals surface area contributed by atoms with Gasteiger partial charge in [0.25, 0.3) is 6.43 Å². The molecular formula is C14H13BrF3NO2. The molecule has 114 valence electrons. The first-order valence-corrected chi connectivity index (χ1v) is 6.93. The Morgan fingerprint density at radius 3 is 2.90 bits per heavy atom. The maximum Gasteiger partial charge on any atom is 0.263 e. The van der Waals surface area contributed by atoms with Crippen molar-refractivity contribution >= 4 is 22.2 Å². The van der Waals surface area contributed by atoms with Crippen LogP contribution in [0.3, 0.4) is 0 Å². The molecule has 2 atom stereocenters. The lowest BCUT2D eigenvalue weighted by Gasteiger charge is -2.42. The maximum absolute atomic E-state index is 14.0. The molecule has 3 nitrogen and oxygen atoms in total. The highest BCUT2D eigenvalue weighted by Gasteiger charge is 2.48. The van der Waals surface area contributed by atoms with Crippen molar-refractivity contribution in [1.29, 1.82) is 0 Å². The summed E-state index contributed by atoms with van der Waals surface area (Å²) in [4.78, 5) is 10.8. The van der Waals surface area contributed by atoms with Gasteiger partial charge in [-0.1, -0.05) is 22.5 Å². The number of nitrogens with one attached hydrogen (secondary N) is 1. The minimum Gasteiger partial charge on any atom is -0.377 e. The van der Waals surface area contributed by atoms with Crippen LogP contribution in [0.15, 0.2) is 34.8 Å². The van der Waals surface area contributed by atoms with Crippen LogP contribution in [0.25, 0.3) is 0 Å². The highest BCUT2D eigenvalue weighted by molar-refractivity contribution is 9.10. The third-order valence-electron chi connectivity index (χ3n) is 3.43. The Balaban J connectivity index is 2.48. The summed E-state index contributed by atoms with van der Waals surface area (Å²) >= 11 is 3.14. The molecule has 0 aliphatic carbocycles. The summed E-state index contributed by atoms with van der Waals surface area (Å²) in [6.45, 7) is 3.12. The van der Waals surface area contributed by atoms with Crippen molar-refractivity contribution in [3.8, 4) is 0 Å². The van der Waals surface area contributed by atoms with Gasteiger partial charge in [-0.15, -0.1) is 0 Å². The largest absolute Gasteiger partial charge is 0.377 e. The maximum atomic E-state index is 14.0. The molecule has 2 unspecified atom stereocenters. The van der Waals surface area contributed by atoms with Crippen molar-refractivity contribution in [3.63, 3.8) is 0 Å². The predicted octanol–water partition coefficient (Wildman–Crippen LogP) is 2.79. The van der Waals surface area contributed by atoms with Crippen molar-refractivity contribution in [1.82, 2.24) is 5.32 Å². The van der Waals surface area contributed by atoms with Crippen molar-refractivity contribution in [2.45, 2.75) is 18.0 Å². The van der Waals surface area contributed by atoms with Crippen molar-refractivity contribution < 1.29 is 22.7 Å². The number of hydrogen-bond acceptors (Lipinski definition) is 3. The minimum atomic E-state index is -2.93. The van der Waals surface area contributed by atoms with Crippen LogP contribution in [0.2, 0.25) is 0 Å². The average molecular weight is 364 g/mol. The third kappa shape index (κ3) is 3.04. The molecule has 0 saturated carbocycles.